The molecule has 3 aromatic rings. The molecule has 0 atom stereocenters. The van der Waals surface area contributed by atoms with Gasteiger partial charge in [-0.05, 0) is 30.3 Å². The first-order valence-electron chi connectivity index (χ1n) is 7.19. The molecule has 0 aliphatic carbocycles. The Balaban J connectivity index is 2.31. The van der Waals surface area contributed by atoms with Crippen LogP contribution in [-0.2, 0) is 11.6 Å². The zero-order valence-electron chi connectivity index (χ0n) is 13.0. The van der Waals surface area contributed by atoms with Gasteiger partial charge in [0.1, 0.15) is 11.3 Å². The highest BCUT2D eigenvalue weighted by Gasteiger charge is 2.31. The molecule has 0 saturated carbocycles. The molecule has 3 rings (SSSR count). The summed E-state index contributed by atoms with van der Waals surface area (Å²) >= 11 is 0. The van der Waals surface area contributed by atoms with E-state index in [1.54, 1.807) is 22.9 Å². The molecule has 0 spiro atoms. The van der Waals surface area contributed by atoms with Gasteiger partial charge in [0.05, 0.1) is 5.56 Å². The van der Waals surface area contributed by atoms with Gasteiger partial charge in [0.15, 0.2) is 5.65 Å². The maximum Gasteiger partial charge on any atom is 0.416 e. The highest BCUT2D eigenvalue weighted by atomic mass is 19.4. The summed E-state index contributed by atoms with van der Waals surface area (Å²) < 4.78 is 40.8. The molecule has 0 unspecified atom stereocenters. The Hall–Kier alpha value is -2.37. The lowest BCUT2D eigenvalue weighted by atomic mass is 9.95. The number of hydrogen-bond acceptors (Lipinski definition) is 2. The lowest BCUT2D eigenvalue weighted by Gasteiger charge is -2.20. The SMILES string of the molecule is CC(C)(C)c1nc2cccnc2n1-c1cccc(C(F)(F)F)c1. The minimum atomic E-state index is -4.39. The fourth-order valence-electron chi connectivity index (χ4n) is 2.48. The molecule has 23 heavy (non-hydrogen) atoms. The summed E-state index contributed by atoms with van der Waals surface area (Å²) in [5, 5.41) is 0. The highest BCUT2D eigenvalue weighted by molar-refractivity contribution is 5.74. The molecule has 2 aromatic heterocycles. The molecular formula is C17H16F3N3. The smallest absolute Gasteiger partial charge is 0.280 e. The predicted octanol–water partition coefficient (Wildman–Crippen LogP) is 4.74. The number of benzene rings is 1. The Morgan fingerprint density at radius 3 is 2.39 bits per heavy atom. The molecular weight excluding hydrogens is 303 g/mol. The number of aromatic nitrogens is 3. The van der Waals surface area contributed by atoms with Gasteiger partial charge in [-0.3, -0.25) is 4.57 Å². The van der Waals surface area contributed by atoms with Crippen molar-refractivity contribution >= 4 is 11.2 Å². The summed E-state index contributed by atoms with van der Waals surface area (Å²) in [6, 6.07) is 8.80. The molecule has 0 aliphatic rings. The number of nitrogens with zero attached hydrogens (tertiary/aromatic N) is 3. The van der Waals surface area contributed by atoms with Crippen molar-refractivity contribution in [2.24, 2.45) is 0 Å². The summed E-state index contributed by atoms with van der Waals surface area (Å²) in [6.45, 7) is 5.91. The fourth-order valence-corrected chi connectivity index (χ4v) is 2.48. The van der Waals surface area contributed by atoms with Crippen LogP contribution in [-0.4, -0.2) is 14.5 Å². The molecule has 0 saturated heterocycles. The molecule has 2 heterocycles. The van der Waals surface area contributed by atoms with Crippen LogP contribution in [0.3, 0.4) is 0 Å². The average molecular weight is 319 g/mol. The van der Waals surface area contributed by atoms with Crippen LogP contribution >= 0.6 is 0 Å². The minimum absolute atomic E-state index is 0.338. The lowest BCUT2D eigenvalue weighted by Crippen LogP contribution is -2.18. The zero-order valence-corrected chi connectivity index (χ0v) is 13.0. The van der Waals surface area contributed by atoms with Gasteiger partial charge in [0, 0.05) is 17.3 Å². The molecule has 6 heteroatoms. The number of fused-ring (bicyclic) bond motifs is 1. The third-order valence-electron chi connectivity index (χ3n) is 3.52. The third-order valence-corrected chi connectivity index (χ3v) is 3.52. The monoisotopic (exact) mass is 319 g/mol. The van der Waals surface area contributed by atoms with E-state index in [2.05, 4.69) is 9.97 Å². The Kier molecular flexibility index (Phi) is 3.43. The topological polar surface area (TPSA) is 30.7 Å². The van der Waals surface area contributed by atoms with E-state index in [0.717, 1.165) is 12.1 Å². The number of hydrogen-bond donors (Lipinski definition) is 0. The van der Waals surface area contributed by atoms with E-state index in [1.165, 1.54) is 6.07 Å². The third kappa shape index (κ3) is 2.81. The second-order valence-corrected chi connectivity index (χ2v) is 6.42. The molecule has 0 fully saturated rings. The maximum absolute atomic E-state index is 13.0. The van der Waals surface area contributed by atoms with Gasteiger partial charge < -0.3 is 0 Å². The van der Waals surface area contributed by atoms with Crippen LogP contribution in [0.15, 0.2) is 42.6 Å². The van der Waals surface area contributed by atoms with Crippen molar-refractivity contribution in [3.8, 4) is 5.69 Å². The molecule has 3 nitrogen and oxygen atoms in total. The van der Waals surface area contributed by atoms with Crippen molar-refractivity contribution in [3.63, 3.8) is 0 Å². The van der Waals surface area contributed by atoms with Crippen LogP contribution < -0.4 is 0 Å². The largest absolute Gasteiger partial charge is 0.416 e. The van der Waals surface area contributed by atoms with Gasteiger partial charge >= 0.3 is 6.18 Å². The van der Waals surface area contributed by atoms with Crippen LogP contribution in [0.4, 0.5) is 13.2 Å². The second-order valence-electron chi connectivity index (χ2n) is 6.42. The predicted molar refractivity (Wildman–Crippen MR) is 82.6 cm³/mol. The van der Waals surface area contributed by atoms with Crippen LogP contribution in [0.5, 0.6) is 0 Å². The van der Waals surface area contributed by atoms with Crippen molar-refractivity contribution in [3.05, 3.63) is 54.0 Å². The van der Waals surface area contributed by atoms with Gasteiger partial charge in [0.2, 0.25) is 0 Å². The molecule has 0 amide bonds. The second kappa shape index (κ2) is 5.08. The van der Waals surface area contributed by atoms with Crippen molar-refractivity contribution in [2.45, 2.75) is 32.4 Å². The van der Waals surface area contributed by atoms with E-state index in [1.807, 2.05) is 26.8 Å². The number of halogens is 3. The van der Waals surface area contributed by atoms with E-state index < -0.39 is 11.7 Å². The molecule has 120 valence electrons. The molecule has 1 aromatic carbocycles. The summed E-state index contributed by atoms with van der Waals surface area (Å²) in [6.07, 6.45) is -2.78. The van der Waals surface area contributed by atoms with E-state index in [4.69, 9.17) is 0 Å². The van der Waals surface area contributed by atoms with Crippen LogP contribution in [0, 0.1) is 0 Å². The Bertz CT molecular complexity index is 857. The van der Waals surface area contributed by atoms with Gasteiger partial charge in [-0.15, -0.1) is 0 Å². The first kappa shape index (κ1) is 15.5. The lowest BCUT2D eigenvalue weighted by molar-refractivity contribution is -0.137. The molecule has 0 aliphatic heterocycles. The number of imidazole rings is 1. The Morgan fingerprint density at radius 1 is 1.00 bits per heavy atom. The number of rotatable bonds is 1. The van der Waals surface area contributed by atoms with Crippen molar-refractivity contribution in [1.29, 1.82) is 0 Å². The van der Waals surface area contributed by atoms with E-state index in [-0.39, 0.29) is 5.41 Å². The number of pyridine rings is 1. The van der Waals surface area contributed by atoms with E-state index >= 15 is 0 Å². The highest BCUT2D eigenvalue weighted by Crippen LogP contribution is 2.33. The van der Waals surface area contributed by atoms with Crippen LogP contribution in [0.2, 0.25) is 0 Å². The van der Waals surface area contributed by atoms with Crippen molar-refractivity contribution < 1.29 is 13.2 Å². The Morgan fingerprint density at radius 2 is 1.74 bits per heavy atom. The van der Waals surface area contributed by atoms with E-state index in [0.29, 0.717) is 22.7 Å². The summed E-state index contributed by atoms with van der Waals surface area (Å²) in [5.74, 6) is 0.672. The summed E-state index contributed by atoms with van der Waals surface area (Å²) in [7, 11) is 0. The first-order chi connectivity index (χ1) is 10.7. The van der Waals surface area contributed by atoms with Gasteiger partial charge in [-0.25, -0.2) is 9.97 Å². The van der Waals surface area contributed by atoms with Gasteiger partial charge in [-0.1, -0.05) is 26.8 Å². The summed E-state index contributed by atoms with van der Waals surface area (Å²) in [4.78, 5) is 8.87. The first-order valence-corrected chi connectivity index (χ1v) is 7.19. The average Bonchev–Trinajstić information content (AvgIpc) is 2.86. The van der Waals surface area contributed by atoms with Crippen LogP contribution in [0.1, 0.15) is 32.2 Å². The van der Waals surface area contributed by atoms with Gasteiger partial charge in [-0.2, -0.15) is 13.2 Å². The summed E-state index contributed by atoms with van der Waals surface area (Å²) in [5.41, 5.74) is 0.597. The standard InChI is InChI=1S/C17H16F3N3/c1-16(2,3)15-22-13-8-5-9-21-14(13)23(15)12-7-4-6-11(10-12)17(18,19)20/h4-10H,1-3H3. The van der Waals surface area contributed by atoms with Crippen molar-refractivity contribution in [1.82, 2.24) is 14.5 Å². The normalized spacial score (nSPS) is 12.8. The molecule has 0 N–H and O–H groups in total. The van der Waals surface area contributed by atoms with Gasteiger partial charge in [0.25, 0.3) is 0 Å². The van der Waals surface area contributed by atoms with E-state index in [9.17, 15) is 13.2 Å². The van der Waals surface area contributed by atoms with Crippen molar-refractivity contribution in [2.75, 3.05) is 0 Å². The molecule has 0 bridgehead atoms. The number of alkyl halides is 3. The Labute approximate surface area is 131 Å². The fraction of sp³-hybridized carbons (Fsp3) is 0.294. The molecule has 0 radical (unpaired) electrons. The maximum atomic E-state index is 13.0. The zero-order chi connectivity index (χ0) is 16.8. The quantitative estimate of drug-likeness (QED) is 0.649. The minimum Gasteiger partial charge on any atom is -0.280 e. The van der Waals surface area contributed by atoms with Crippen LogP contribution in [0.25, 0.3) is 16.9 Å².